The molecule has 0 saturated heterocycles. The molecule has 0 amide bonds. The predicted octanol–water partition coefficient (Wildman–Crippen LogP) is 1.12. The molecule has 0 aliphatic rings. The van der Waals surface area contributed by atoms with Crippen molar-refractivity contribution < 1.29 is 32.4 Å². The van der Waals surface area contributed by atoms with Crippen LogP contribution in [0.25, 0.3) is 6.08 Å². The first kappa shape index (κ1) is 15.6. The molecule has 20 heavy (non-hydrogen) atoms. The van der Waals surface area contributed by atoms with Crippen LogP contribution in [0.15, 0.2) is 41.8 Å². The van der Waals surface area contributed by atoms with Gasteiger partial charge in [-0.1, -0.05) is 24.8 Å². The molecule has 106 valence electrons. The van der Waals surface area contributed by atoms with Gasteiger partial charge in [-0.3, -0.25) is 4.55 Å². The van der Waals surface area contributed by atoms with E-state index in [9.17, 15) is 18.0 Å². The molecule has 0 spiro atoms. The molecule has 0 aliphatic heterocycles. The van der Waals surface area contributed by atoms with Crippen LogP contribution in [-0.4, -0.2) is 30.0 Å². The molecule has 2 N–H and O–H groups in total. The number of carbonyl (C=O) groups is 2. The number of ether oxygens (including phenoxy) is 1. The van der Waals surface area contributed by atoms with E-state index >= 15 is 0 Å². The summed E-state index contributed by atoms with van der Waals surface area (Å²) in [6, 6.07) is 3.87. The van der Waals surface area contributed by atoms with Crippen LogP contribution in [0.1, 0.15) is 5.56 Å². The van der Waals surface area contributed by atoms with Gasteiger partial charge in [0.25, 0.3) is 10.1 Å². The number of rotatable bonds is 5. The van der Waals surface area contributed by atoms with Gasteiger partial charge in [0.15, 0.2) is 5.75 Å². The van der Waals surface area contributed by atoms with Crippen molar-refractivity contribution in [3.63, 3.8) is 0 Å². The fourth-order valence-corrected chi connectivity index (χ4v) is 2.14. The molecular formula is C12H10O7S. The molecule has 8 heteroatoms. The average molecular weight is 298 g/mol. The second-order valence-electron chi connectivity index (χ2n) is 3.45. The number of aliphatic carboxylic acids is 1. The maximum atomic E-state index is 11.3. The highest BCUT2D eigenvalue weighted by Crippen LogP contribution is 2.28. The van der Waals surface area contributed by atoms with Gasteiger partial charge in [0.05, 0.1) is 0 Å². The highest BCUT2D eigenvalue weighted by atomic mass is 32.2. The second-order valence-corrected chi connectivity index (χ2v) is 4.80. The maximum Gasteiger partial charge on any atom is 0.336 e. The Hall–Kier alpha value is -2.45. The van der Waals surface area contributed by atoms with Gasteiger partial charge in [0, 0.05) is 12.2 Å². The normalized spacial score (nSPS) is 11.2. The van der Waals surface area contributed by atoms with Crippen molar-refractivity contribution in [1.29, 1.82) is 0 Å². The van der Waals surface area contributed by atoms with Crippen LogP contribution in [0.2, 0.25) is 0 Å². The Balaban J connectivity index is 3.23. The lowest BCUT2D eigenvalue weighted by atomic mass is 10.2. The minimum atomic E-state index is -4.64. The SMILES string of the molecule is C=Cc1cccc(OC(=O)/C=C\C(=O)O)c1S(=O)(=O)O. The van der Waals surface area contributed by atoms with Crippen molar-refractivity contribution in [2.45, 2.75) is 4.90 Å². The van der Waals surface area contributed by atoms with Crippen LogP contribution < -0.4 is 4.74 Å². The fourth-order valence-electron chi connectivity index (χ4n) is 1.33. The zero-order valence-electron chi connectivity index (χ0n) is 10.0. The summed E-state index contributed by atoms with van der Waals surface area (Å²) in [4.78, 5) is 20.9. The lowest BCUT2D eigenvalue weighted by Crippen LogP contribution is -2.10. The van der Waals surface area contributed by atoms with E-state index < -0.39 is 32.7 Å². The van der Waals surface area contributed by atoms with Gasteiger partial charge >= 0.3 is 11.9 Å². The summed E-state index contributed by atoms with van der Waals surface area (Å²) in [7, 11) is -4.64. The molecule has 0 fully saturated rings. The Labute approximate surface area is 114 Å². The maximum absolute atomic E-state index is 11.3. The highest BCUT2D eigenvalue weighted by Gasteiger charge is 2.21. The first-order valence-corrected chi connectivity index (χ1v) is 6.55. The number of carboxylic acid groups (broad SMARTS) is 1. The number of hydrogen-bond acceptors (Lipinski definition) is 5. The number of hydrogen-bond donors (Lipinski definition) is 2. The Kier molecular flexibility index (Phi) is 4.78. The third-order valence-electron chi connectivity index (χ3n) is 2.06. The van der Waals surface area contributed by atoms with Crippen LogP contribution in [0.5, 0.6) is 5.75 Å². The van der Waals surface area contributed by atoms with Crippen LogP contribution in [-0.2, 0) is 19.7 Å². The number of benzene rings is 1. The first-order valence-electron chi connectivity index (χ1n) is 5.11. The molecule has 1 aromatic carbocycles. The van der Waals surface area contributed by atoms with E-state index in [-0.39, 0.29) is 5.56 Å². The molecule has 0 atom stereocenters. The van der Waals surface area contributed by atoms with Gasteiger partial charge < -0.3 is 9.84 Å². The van der Waals surface area contributed by atoms with E-state index in [1.54, 1.807) is 0 Å². The summed E-state index contributed by atoms with van der Waals surface area (Å²) < 4.78 is 36.4. The Morgan fingerprint density at radius 1 is 1.25 bits per heavy atom. The fraction of sp³-hybridized carbons (Fsp3) is 0. The quantitative estimate of drug-likeness (QED) is 0.362. The molecule has 0 unspecified atom stereocenters. The molecule has 0 aromatic heterocycles. The molecular weight excluding hydrogens is 288 g/mol. The van der Waals surface area contributed by atoms with Crippen molar-refractivity contribution in [3.8, 4) is 5.75 Å². The molecule has 0 aliphatic carbocycles. The largest absolute Gasteiger partial charge is 0.478 e. The number of carboxylic acids is 1. The summed E-state index contributed by atoms with van der Waals surface area (Å²) >= 11 is 0. The monoisotopic (exact) mass is 298 g/mol. The standard InChI is InChI=1S/C12H10O7S/c1-2-8-4-3-5-9(12(8)20(16,17)18)19-11(15)7-6-10(13)14/h2-7H,1H2,(H,13,14)(H,16,17,18)/b7-6-. The lowest BCUT2D eigenvalue weighted by molar-refractivity contribution is -0.133. The Morgan fingerprint density at radius 2 is 1.90 bits per heavy atom. The van der Waals surface area contributed by atoms with E-state index in [1.165, 1.54) is 12.1 Å². The van der Waals surface area contributed by atoms with Crippen molar-refractivity contribution in [2.75, 3.05) is 0 Å². The molecule has 0 radical (unpaired) electrons. The minimum Gasteiger partial charge on any atom is -0.478 e. The third-order valence-corrected chi connectivity index (χ3v) is 3.01. The Bertz CT molecular complexity index is 686. The Morgan fingerprint density at radius 3 is 2.40 bits per heavy atom. The van der Waals surface area contributed by atoms with E-state index in [0.29, 0.717) is 12.2 Å². The van der Waals surface area contributed by atoms with E-state index in [2.05, 4.69) is 11.3 Å². The van der Waals surface area contributed by atoms with Crippen LogP contribution in [0.3, 0.4) is 0 Å². The average Bonchev–Trinajstić information content (AvgIpc) is 2.34. The zero-order chi connectivity index (χ0) is 15.3. The predicted molar refractivity (Wildman–Crippen MR) is 68.8 cm³/mol. The van der Waals surface area contributed by atoms with Gasteiger partial charge in [0.1, 0.15) is 4.90 Å². The molecule has 1 aromatic rings. The van der Waals surface area contributed by atoms with Gasteiger partial charge in [0.2, 0.25) is 0 Å². The smallest absolute Gasteiger partial charge is 0.336 e. The highest BCUT2D eigenvalue weighted by molar-refractivity contribution is 7.86. The topological polar surface area (TPSA) is 118 Å². The third kappa shape index (κ3) is 4.04. The van der Waals surface area contributed by atoms with Crippen LogP contribution in [0, 0.1) is 0 Å². The van der Waals surface area contributed by atoms with E-state index in [0.717, 1.165) is 12.1 Å². The van der Waals surface area contributed by atoms with Crippen molar-refractivity contribution >= 4 is 28.1 Å². The van der Waals surface area contributed by atoms with Gasteiger partial charge in [-0.25, -0.2) is 9.59 Å². The van der Waals surface area contributed by atoms with Crippen molar-refractivity contribution in [3.05, 3.63) is 42.5 Å². The molecule has 0 heterocycles. The zero-order valence-corrected chi connectivity index (χ0v) is 10.8. The van der Waals surface area contributed by atoms with E-state index in [4.69, 9.17) is 9.66 Å². The number of esters is 1. The number of carbonyl (C=O) groups excluding carboxylic acids is 1. The molecule has 7 nitrogen and oxygen atoms in total. The summed E-state index contributed by atoms with van der Waals surface area (Å²) in [5.41, 5.74) is 0.0417. The van der Waals surface area contributed by atoms with Crippen LogP contribution in [0.4, 0.5) is 0 Å². The summed E-state index contributed by atoms with van der Waals surface area (Å²) in [6.07, 6.45) is 2.30. The van der Waals surface area contributed by atoms with Crippen molar-refractivity contribution in [2.24, 2.45) is 0 Å². The van der Waals surface area contributed by atoms with Gasteiger partial charge in [-0.2, -0.15) is 8.42 Å². The van der Waals surface area contributed by atoms with Gasteiger partial charge in [-0.15, -0.1) is 0 Å². The molecule has 0 saturated carbocycles. The van der Waals surface area contributed by atoms with Crippen molar-refractivity contribution in [1.82, 2.24) is 0 Å². The summed E-state index contributed by atoms with van der Waals surface area (Å²) in [5, 5.41) is 8.35. The molecule has 0 bridgehead atoms. The first-order chi connectivity index (χ1) is 9.25. The minimum absolute atomic E-state index is 0.0417. The summed E-state index contributed by atoms with van der Waals surface area (Å²) in [6.45, 7) is 3.38. The second kappa shape index (κ2) is 6.13. The molecule has 1 rings (SSSR count). The van der Waals surface area contributed by atoms with Crippen LogP contribution >= 0.6 is 0 Å². The summed E-state index contributed by atoms with van der Waals surface area (Å²) in [5.74, 6) is -2.89. The lowest BCUT2D eigenvalue weighted by Gasteiger charge is -2.09. The van der Waals surface area contributed by atoms with E-state index in [1.807, 2.05) is 0 Å². The van der Waals surface area contributed by atoms with Gasteiger partial charge in [-0.05, 0) is 11.6 Å².